The number of anilines is 2. The molecule has 16 nitrogen and oxygen atoms in total. The van der Waals surface area contributed by atoms with E-state index in [0.29, 0.717) is 41.1 Å². The van der Waals surface area contributed by atoms with Crippen LogP contribution in [0.15, 0.2) is 157 Å². The van der Waals surface area contributed by atoms with E-state index < -0.39 is 0 Å². The van der Waals surface area contributed by atoms with E-state index in [9.17, 15) is 0 Å². The van der Waals surface area contributed by atoms with Crippen molar-refractivity contribution in [1.82, 2.24) is 28.7 Å². The maximum absolute atomic E-state index is 6.98. The van der Waals surface area contributed by atoms with E-state index in [4.69, 9.17) is 55.7 Å². The van der Waals surface area contributed by atoms with Crippen LogP contribution in [0.5, 0.6) is 23.0 Å². The number of aromatic nitrogens is 6. The van der Waals surface area contributed by atoms with Crippen molar-refractivity contribution < 1.29 is 18.9 Å². The molecule has 0 aliphatic heterocycles. The first-order valence-corrected chi connectivity index (χ1v) is 47.5. The Labute approximate surface area is 712 Å². The zero-order chi connectivity index (χ0) is 82.9. The molecule has 0 aliphatic carbocycles. The molecule has 4 heterocycles. The normalized spacial score (nSPS) is 12.0. The van der Waals surface area contributed by atoms with Crippen molar-refractivity contribution in [3.8, 4) is 34.4 Å². The minimum atomic E-state index is -0.365. The highest BCUT2D eigenvalue weighted by atomic mass is 32.2. The molecule has 0 bridgehead atoms. The second kappa shape index (κ2) is 51.5. The van der Waals surface area contributed by atoms with Crippen LogP contribution in [0.2, 0.25) is 0 Å². The van der Waals surface area contributed by atoms with Gasteiger partial charge >= 0.3 is 0 Å². The minimum Gasteiger partial charge on any atom is -0.494 e. The van der Waals surface area contributed by atoms with Gasteiger partial charge in [0.25, 0.3) is 0 Å². The topological polar surface area (TPSA) is 184 Å². The molecule has 10 aromatic rings. The number of nitrogens with two attached hydrogens (primary N) is 2. The van der Waals surface area contributed by atoms with Crippen molar-refractivity contribution in [1.29, 1.82) is 0 Å². The van der Waals surface area contributed by atoms with E-state index in [2.05, 4.69) is 206 Å². The Balaban J connectivity index is 0.000000248. The quantitative estimate of drug-likeness (QED) is 0.0211. The maximum atomic E-state index is 6.98. The average Bonchev–Trinajstić information content (AvgIpc) is 1.63. The molecule has 0 saturated carbocycles. The van der Waals surface area contributed by atoms with Crippen molar-refractivity contribution in [3.63, 3.8) is 0 Å². The van der Waals surface area contributed by atoms with Gasteiger partial charge in [0, 0.05) is 46.5 Å². The number of fused-ring (bicyclic) bond motifs is 2. The van der Waals surface area contributed by atoms with Gasteiger partial charge in [-0.05, 0) is 136 Å². The van der Waals surface area contributed by atoms with E-state index in [1.807, 2.05) is 42.6 Å². The first-order chi connectivity index (χ1) is 56.5. The number of nitrogens with zero attached hydrogens (tertiary/aromatic N) is 10. The maximum Gasteiger partial charge on any atom is 0.186 e. The molecule has 20 heteroatoms. The summed E-state index contributed by atoms with van der Waals surface area (Å²) in [6.07, 6.45) is 36.9. The molecule has 0 unspecified atom stereocenters. The minimum absolute atomic E-state index is 0.0350. The average molecular weight is 1650 g/mol. The fourth-order valence-corrected chi connectivity index (χ4v) is 18.0. The number of thioether (sulfide) groups is 2. The molecule has 0 radical (unpaired) electrons. The van der Waals surface area contributed by atoms with Crippen LogP contribution in [0.1, 0.15) is 284 Å². The molecule has 0 aliphatic rings. The lowest BCUT2D eigenvalue weighted by Crippen LogP contribution is -2.17. The van der Waals surface area contributed by atoms with E-state index in [1.165, 1.54) is 184 Å². The zero-order valence-electron chi connectivity index (χ0n) is 73.1. The third-order valence-corrected chi connectivity index (χ3v) is 25.2. The standard InChI is InChI=1S/C49H71N7O2S2.C24H32N2OS.C23H37N3OS/c1-9-13-15-16-17-18-19-20-21-25-31-59-38-28-29-40(43(32-38)57-8)56-47(50)45(46(54-56)49(5,6)7)53-52-39-33-44-41(34-42(39)58-37(11-3)12-4)55(35-36-26-23-22-24-27-36)48(60-44)51-30-14-10-2;1-4-6-11-15-27-22-17-21-23(16-19(22)3)28-24(25-14-7-5-2)26(21)18-20-12-9-8-10-13-20;1-4-5-6-7-8-9-10-11-12-13-16-28-20-14-15-21(22(18-20)27-3)26-23(24)17-19(2)25-26/h22-24,26-29,32-34,37H,9-21,25,30-31,35,50H2,1-8H3;8-10,12-13,16-17H,4-7,11,14-15,18H2,1-3H3;14-15,17-18H,4-13,16,24H2,1-3H3. The molecule has 0 fully saturated rings. The summed E-state index contributed by atoms with van der Waals surface area (Å²) in [5.74, 6) is 6.49. The summed E-state index contributed by atoms with van der Waals surface area (Å²) < 4.78 is 34.9. The van der Waals surface area contributed by atoms with Crippen LogP contribution in [-0.4, -0.2) is 80.2 Å². The highest BCUT2D eigenvalue weighted by Gasteiger charge is 2.29. The third kappa shape index (κ3) is 29.6. The van der Waals surface area contributed by atoms with Gasteiger partial charge in [-0.2, -0.15) is 10.2 Å². The molecular formula is C96H140N12O4S4. The van der Waals surface area contributed by atoms with Gasteiger partial charge in [-0.25, -0.2) is 9.36 Å². The molecule has 632 valence electrons. The van der Waals surface area contributed by atoms with Gasteiger partial charge in [0.15, 0.2) is 21.1 Å². The summed E-state index contributed by atoms with van der Waals surface area (Å²) in [4.78, 5) is 14.5. The number of azo groups is 1. The summed E-state index contributed by atoms with van der Waals surface area (Å²) in [5.41, 5.74) is 23.2. The van der Waals surface area contributed by atoms with Crippen LogP contribution < -0.4 is 40.0 Å². The van der Waals surface area contributed by atoms with E-state index >= 15 is 0 Å². The summed E-state index contributed by atoms with van der Waals surface area (Å²) in [5, 5.41) is 19.4. The van der Waals surface area contributed by atoms with Crippen molar-refractivity contribution in [2.45, 2.75) is 304 Å². The number of rotatable bonds is 49. The largest absolute Gasteiger partial charge is 0.494 e. The van der Waals surface area contributed by atoms with E-state index in [-0.39, 0.29) is 11.5 Å². The summed E-state index contributed by atoms with van der Waals surface area (Å²) in [7, 11) is 3.40. The Bertz CT molecular complexity index is 4660. The van der Waals surface area contributed by atoms with Gasteiger partial charge in [0.1, 0.15) is 45.9 Å². The first-order valence-electron chi connectivity index (χ1n) is 43.9. The predicted octanol–water partition coefficient (Wildman–Crippen LogP) is 27.6. The molecule has 0 spiro atoms. The lowest BCUT2D eigenvalue weighted by Gasteiger charge is -2.18. The van der Waals surface area contributed by atoms with Crippen LogP contribution in [0.4, 0.5) is 23.0 Å². The second-order valence-corrected chi connectivity index (χ2v) is 36.0. The van der Waals surface area contributed by atoms with Crippen molar-refractivity contribution in [3.05, 3.63) is 165 Å². The summed E-state index contributed by atoms with van der Waals surface area (Å²) in [6, 6.07) is 44.3. The number of benzene rings is 6. The molecule has 0 saturated heterocycles. The number of unbranched alkanes of at least 4 members (excludes halogenated alkanes) is 22. The molecule has 6 aromatic carbocycles. The third-order valence-electron chi connectivity index (χ3n) is 20.9. The summed E-state index contributed by atoms with van der Waals surface area (Å²) >= 11 is 7.25. The number of hydrogen-bond acceptors (Lipinski definition) is 16. The van der Waals surface area contributed by atoms with Crippen LogP contribution in [0.25, 0.3) is 31.8 Å². The molecule has 116 heavy (non-hydrogen) atoms. The fraction of sp³-hybridized carbons (Fsp3) is 0.542. The Morgan fingerprint density at radius 2 is 0.914 bits per heavy atom. The van der Waals surface area contributed by atoms with Crippen molar-refractivity contribution in [2.75, 3.05) is 56.9 Å². The number of aryl methyl sites for hydroxylation is 2. The molecular weight excluding hydrogens is 1510 g/mol. The fourth-order valence-electron chi connectivity index (χ4n) is 14.0. The number of hydrogen-bond donors (Lipinski definition) is 2. The Hall–Kier alpha value is -7.78. The number of ether oxygens (including phenoxy) is 4. The molecule has 0 atom stereocenters. The number of methoxy groups -OCH3 is 2. The molecule has 10 rings (SSSR count). The molecule has 4 aromatic heterocycles. The van der Waals surface area contributed by atoms with Crippen LogP contribution >= 0.6 is 46.2 Å². The lowest BCUT2D eigenvalue weighted by molar-refractivity contribution is 0.194. The Morgan fingerprint density at radius 3 is 1.36 bits per heavy atom. The monoisotopic (exact) mass is 1650 g/mol. The lowest BCUT2D eigenvalue weighted by atomic mass is 9.91. The van der Waals surface area contributed by atoms with Crippen molar-refractivity contribution >= 4 is 89.6 Å². The van der Waals surface area contributed by atoms with Gasteiger partial charge in [-0.3, -0.25) is 9.98 Å². The SMILES string of the molecule is CCCCCCCCCCCCSc1ccc(-n2nc(C(C)(C)C)c(N=Nc3cc4sc(=NCCCC)n(Cc5ccccc5)c4cc3OC(CC)CC)c2N)c(OC)c1.CCCCCCCCCCCCSc1ccc(-n2nc(C)cc2N)c(OC)c1.CCCCCOc1cc2c(cc1C)sc(=NCCCC)n2Cc1ccccc1. The molecule has 4 N–H and O–H groups in total. The van der Waals surface area contributed by atoms with Gasteiger partial charge in [-0.1, -0.05) is 294 Å². The van der Waals surface area contributed by atoms with Crippen LogP contribution in [-0.2, 0) is 18.5 Å². The first kappa shape index (κ1) is 93.7. The van der Waals surface area contributed by atoms with Gasteiger partial charge in [0.2, 0.25) is 0 Å². The van der Waals surface area contributed by atoms with Gasteiger partial charge in [-0.15, -0.1) is 33.8 Å². The van der Waals surface area contributed by atoms with Crippen molar-refractivity contribution in [2.24, 2.45) is 20.2 Å². The van der Waals surface area contributed by atoms with Crippen LogP contribution in [0.3, 0.4) is 0 Å². The highest BCUT2D eigenvalue weighted by Crippen LogP contribution is 2.43. The van der Waals surface area contributed by atoms with Gasteiger partial charge < -0.3 is 39.5 Å². The van der Waals surface area contributed by atoms with E-state index in [0.717, 1.165) is 130 Å². The highest BCUT2D eigenvalue weighted by molar-refractivity contribution is 7.99. The Kier molecular flexibility index (Phi) is 41.6. The van der Waals surface area contributed by atoms with Crippen LogP contribution in [0, 0.1) is 13.8 Å². The second-order valence-electron chi connectivity index (χ2n) is 31.7. The molecule has 0 amide bonds. The summed E-state index contributed by atoms with van der Waals surface area (Å²) in [6.45, 7) is 30.0. The Morgan fingerprint density at radius 1 is 0.466 bits per heavy atom. The zero-order valence-corrected chi connectivity index (χ0v) is 76.3. The van der Waals surface area contributed by atoms with E-state index in [1.54, 1.807) is 46.3 Å². The number of nitrogen functional groups attached to an aromatic ring is 2. The predicted molar refractivity (Wildman–Crippen MR) is 498 cm³/mol. The van der Waals surface area contributed by atoms with Gasteiger partial charge in [0.05, 0.1) is 71.8 Å². The number of thiazole rings is 2. The smallest absolute Gasteiger partial charge is 0.186 e.